The second-order valence-electron chi connectivity index (χ2n) is 9.54. The minimum Gasteiger partial charge on any atom is -0.383 e. The number of carbonyl (C=O) groups is 2. The summed E-state index contributed by atoms with van der Waals surface area (Å²) >= 11 is 0. The highest BCUT2D eigenvalue weighted by molar-refractivity contribution is 6.01. The first-order valence-electron chi connectivity index (χ1n) is 13.1. The molecule has 0 aromatic carbocycles. The summed E-state index contributed by atoms with van der Waals surface area (Å²) in [5.41, 5.74) is 3.07. The van der Waals surface area contributed by atoms with E-state index in [1.54, 1.807) is 23.0 Å². The molecule has 1 fully saturated rings. The summed E-state index contributed by atoms with van der Waals surface area (Å²) in [5.74, 6) is 0.690. The molecule has 3 amide bonds. The van der Waals surface area contributed by atoms with E-state index < -0.39 is 12.3 Å². The molecule has 0 spiro atoms. The standard InChI is InChI=1S/C27H35N7O6/c1-17-15-40-16-23(35)34(17)14-19-10-18-6-5-8-33(25(18)32-24(19)26(38-3)39-4)27(36)31-22-11-21(29-7-9-37-2)20(12-28)13-30-22/h10-11,13,17,26H,5-9,14-16H2,1-4H3,(H2,29,30,31,36)/t17-/m0/s1. The minimum atomic E-state index is -0.792. The molecule has 0 unspecified atom stereocenters. The summed E-state index contributed by atoms with van der Waals surface area (Å²) in [6.07, 6.45) is 2.07. The molecule has 0 bridgehead atoms. The Morgan fingerprint density at radius 1 is 1.30 bits per heavy atom. The van der Waals surface area contributed by atoms with Crippen LogP contribution < -0.4 is 15.5 Å². The van der Waals surface area contributed by atoms with Crippen LogP contribution in [0.5, 0.6) is 0 Å². The Bertz CT molecular complexity index is 1260. The largest absolute Gasteiger partial charge is 0.383 e. The van der Waals surface area contributed by atoms with Crippen molar-refractivity contribution < 1.29 is 28.5 Å². The fourth-order valence-corrected chi connectivity index (χ4v) is 4.79. The van der Waals surface area contributed by atoms with Gasteiger partial charge in [-0.15, -0.1) is 0 Å². The van der Waals surface area contributed by atoms with Gasteiger partial charge in [-0.05, 0) is 37.0 Å². The lowest BCUT2D eigenvalue weighted by atomic mass is 10.0. The molecular formula is C27H35N7O6. The van der Waals surface area contributed by atoms with E-state index >= 15 is 0 Å². The van der Waals surface area contributed by atoms with Crippen LogP contribution in [-0.2, 0) is 36.7 Å². The maximum atomic E-state index is 13.5. The first-order chi connectivity index (χ1) is 19.4. The van der Waals surface area contributed by atoms with Gasteiger partial charge < -0.3 is 29.2 Å². The third-order valence-electron chi connectivity index (χ3n) is 6.83. The summed E-state index contributed by atoms with van der Waals surface area (Å²) in [4.78, 5) is 38.5. The van der Waals surface area contributed by atoms with Crippen molar-refractivity contribution in [3.63, 3.8) is 0 Å². The molecular weight excluding hydrogens is 518 g/mol. The van der Waals surface area contributed by atoms with Gasteiger partial charge >= 0.3 is 6.03 Å². The number of carbonyl (C=O) groups excluding carboxylic acids is 2. The van der Waals surface area contributed by atoms with Gasteiger partial charge in [-0.2, -0.15) is 5.26 Å². The van der Waals surface area contributed by atoms with Crippen LogP contribution in [0.2, 0.25) is 0 Å². The topological polar surface area (TPSA) is 151 Å². The average molecular weight is 554 g/mol. The average Bonchev–Trinajstić information content (AvgIpc) is 2.95. The minimum absolute atomic E-state index is 0.0387. The summed E-state index contributed by atoms with van der Waals surface area (Å²) in [7, 11) is 4.62. The van der Waals surface area contributed by atoms with Crippen molar-refractivity contribution in [3.8, 4) is 6.07 Å². The van der Waals surface area contributed by atoms with Crippen LogP contribution in [0.1, 0.15) is 42.0 Å². The Balaban J connectivity index is 1.62. The van der Waals surface area contributed by atoms with Crippen molar-refractivity contribution in [3.05, 3.63) is 40.7 Å². The first kappa shape index (κ1) is 29.2. The van der Waals surface area contributed by atoms with Crippen molar-refractivity contribution in [2.24, 2.45) is 0 Å². The Morgan fingerprint density at radius 3 is 2.80 bits per heavy atom. The molecule has 0 saturated carbocycles. The Kier molecular flexibility index (Phi) is 9.84. The van der Waals surface area contributed by atoms with E-state index in [1.165, 1.54) is 20.4 Å². The number of aromatic nitrogens is 2. The first-order valence-corrected chi connectivity index (χ1v) is 13.1. The number of ether oxygens (including phenoxy) is 4. The lowest BCUT2D eigenvalue weighted by molar-refractivity contribution is -0.148. The molecule has 4 rings (SSSR count). The van der Waals surface area contributed by atoms with Crippen LogP contribution in [0.3, 0.4) is 0 Å². The number of hydrogen-bond donors (Lipinski definition) is 2. The van der Waals surface area contributed by atoms with E-state index in [1.807, 2.05) is 13.0 Å². The smallest absolute Gasteiger partial charge is 0.328 e. The highest BCUT2D eigenvalue weighted by Crippen LogP contribution is 2.32. The molecule has 13 heteroatoms. The number of amides is 3. The molecule has 40 heavy (non-hydrogen) atoms. The predicted molar refractivity (Wildman–Crippen MR) is 146 cm³/mol. The fraction of sp³-hybridized carbons (Fsp3) is 0.519. The summed E-state index contributed by atoms with van der Waals surface area (Å²) in [5, 5.41) is 15.4. The van der Waals surface area contributed by atoms with E-state index in [-0.39, 0.29) is 18.6 Å². The number of nitriles is 1. The van der Waals surface area contributed by atoms with E-state index in [0.29, 0.717) is 61.4 Å². The normalized spacial score (nSPS) is 17.0. The van der Waals surface area contributed by atoms with E-state index in [2.05, 4.69) is 21.7 Å². The number of methoxy groups -OCH3 is 3. The number of fused-ring (bicyclic) bond motifs is 1. The van der Waals surface area contributed by atoms with Gasteiger partial charge in [-0.3, -0.25) is 15.0 Å². The van der Waals surface area contributed by atoms with Gasteiger partial charge in [0.2, 0.25) is 12.2 Å². The third kappa shape index (κ3) is 6.48. The zero-order chi connectivity index (χ0) is 28.6. The van der Waals surface area contributed by atoms with Crippen molar-refractivity contribution in [1.29, 1.82) is 5.26 Å². The van der Waals surface area contributed by atoms with Gasteiger partial charge in [0.05, 0.1) is 30.5 Å². The van der Waals surface area contributed by atoms with Crippen molar-refractivity contribution in [1.82, 2.24) is 14.9 Å². The number of hydrogen-bond acceptors (Lipinski definition) is 10. The molecule has 0 radical (unpaired) electrons. The number of urea groups is 1. The second-order valence-corrected chi connectivity index (χ2v) is 9.54. The Morgan fingerprint density at radius 2 is 2.10 bits per heavy atom. The molecule has 1 atom stereocenters. The highest BCUT2D eigenvalue weighted by Gasteiger charge is 2.31. The van der Waals surface area contributed by atoms with Gasteiger partial charge in [0.15, 0.2) is 0 Å². The summed E-state index contributed by atoms with van der Waals surface area (Å²) < 4.78 is 21.5. The summed E-state index contributed by atoms with van der Waals surface area (Å²) in [6.45, 7) is 4.15. The number of pyridine rings is 2. The number of rotatable bonds is 10. The third-order valence-corrected chi connectivity index (χ3v) is 6.83. The van der Waals surface area contributed by atoms with E-state index in [9.17, 15) is 14.9 Å². The van der Waals surface area contributed by atoms with Gasteiger partial charge in [-0.1, -0.05) is 0 Å². The molecule has 2 aromatic heterocycles. The molecule has 13 nitrogen and oxygen atoms in total. The maximum absolute atomic E-state index is 13.5. The Labute approximate surface area is 233 Å². The zero-order valence-electron chi connectivity index (χ0n) is 23.2. The fourth-order valence-electron chi connectivity index (χ4n) is 4.79. The number of aryl methyl sites for hydroxylation is 1. The van der Waals surface area contributed by atoms with Crippen LogP contribution in [-0.4, -0.2) is 87.1 Å². The Hall–Kier alpha value is -3.83. The predicted octanol–water partition coefficient (Wildman–Crippen LogP) is 2.43. The molecule has 2 aromatic rings. The van der Waals surface area contributed by atoms with Crippen molar-refractivity contribution in [2.45, 2.75) is 38.6 Å². The molecule has 0 aliphatic carbocycles. The lowest BCUT2D eigenvalue weighted by Crippen LogP contribution is -2.47. The van der Waals surface area contributed by atoms with Crippen LogP contribution in [0.15, 0.2) is 18.3 Å². The lowest BCUT2D eigenvalue weighted by Gasteiger charge is -2.35. The SMILES string of the molecule is COCCNc1cc(NC(=O)N2CCCc3cc(CN4C(=O)COC[C@@H]4C)c(C(OC)OC)nc32)ncc1C#N. The number of nitrogens with zero attached hydrogens (tertiary/aromatic N) is 5. The van der Waals surface area contributed by atoms with Crippen LogP contribution in [0, 0.1) is 11.3 Å². The van der Waals surface area contributed by atoms with E-state index in [0.717, 1.165) is 24.0 Å². The molecule has 2 aliphatic heterocycles. The quantitative estimate of drug-likeness (QED) is 0.332. The molecule has 2 aliphatic rings. The monoisotopic (exact) mass is 553 g/mol. The maximum Gasteiger partial charge on any atom is 0.328 e. The van der Waals surface area contributed by atoms with Gasteiger partial charge in [0.25, 0.3) is 0 Å². The van der Waals surface area contributed by atoms with Crippen LogP contribution >= 0.6 is 0 Å². The number of morpholine rings is 1. The van der Waals surface area contributed by atoms with Crippen molar-refractivity contribution in [2.75, 3.05) is 69.8 Å². The van der Waals surface area contributed by atoms with Gasteiger partial charge in [-0.25, -0.2) is 14.8 Å². The van der Waals surface area contributed by atoms with Crippen LogP contribution in [0.25, 0.3) is 0 Å². The zero-order valence-corrected chi connectivity index (χ0v) is 23.2. The molecule has 1 saturated heterocycles. The van der Waals surface area contributed by atoms with E-state index in [4.69, 9.17) is 23.9 Å². The molecule has 2 N–H and O–H groups in total. The second kappa shape index (κ2) is 13.5. The number of anilines is 3. The number of nitrogens with one attached hydrogen (secondary N) is 2. The van der Waals surface area contributed by atoms with Crippen LogP contribution in [0.4, 0.5) is 22.1 Å². The van der Waals surface area contributed by atoms with Gasteiger partial charge in [0.1, 0.15) is 30.0 Å². The highest BCUT2D eigenvalue weighted by atomic mass is 16.7. The van der Waals surface area contributed by atoms with Gasteiger partial charge in [0, 0.05) is 53.2 Å². The molecule has 214 valence electrons. The summed E-state index contributed by atoms with van der Waals surface area (Å²) in [6, 6.07) is 5.19. The van der Waals surface area contributed by atoms with Crippen molar-refractivity contribution >= 4 is 29.3 Å². The molecule has 4 heterocycles.